The Hall–Kier alpha value is -2.70. The van der Waals surface area contributed by atoms with Crippen LogP contribution in [0.5, 0.6) is 0 Å². The van der Waals surface area contributed by atoms with Gasteiger partial charge in [0, 0.05) is 56.0 Å². The predicted molar refractivity (Wildman–Crippen MR) is 314 cm³/mol. The van der Waals surface area contributed by atoms with E-state index in [1.165, 1.54) is 0 Å². The van der Waals surface area contributed by atoms with Gasteiger partial charge in [0.1, 0.15) is 0 Å². The van der Waals surface area contributed by atoms with Crippen LogP contribution in [-0.4, -0.2) is 23.1 Å². The highest BCUT2D eigenvalue weighted by molar-refractivity contribution is 6.42. The minimum atomic E-state index is 0.0437. The molecule has 72 heavy (non-hydrogen) atoms. The molecule has 4 aromatic carbocycles. The molecular weight excluding hydrogens is 1020 g/mol. The van der Waals surface area contributed by atoms with E-state index in [0.29, 0.717) is 41.3 Å². The molecule has 4 nitrogen and oxygen atoms in total. The van der Waals surface area contributed by atoms with Gasteiger partial charge in [0.25, 0.3) is 0 Å². The Balaban J connectivity index is 0.000000480. The van der Waals surface area contributed by atoms with Crippen LogP contribution in [-0.2, 0) is 0 Å². The van der Waals surface area contributed by atoms with Crippen LogP contribution in [0.25, 0.3) is 0 Å². The molecule has 0 aliphatic heterocycles. The Morgan fingerprint density at radius 1 is 0.361 bits per heavy atom. The first-order valence-electron chi connectivity index (χ1n) is 25.7. The fourth-order valence-electron chi connectivity index (χ4n) is 8.68. The predicted octanol–water partition coefficient (Wildman–Crippen LogP) is 22.0. The molecule has 0 aromatic heterocycles. The molecule has 0 radical (unpaired) electrons. The maximum atomic E-state index is 12.6. The van der Waals surface area contributed by atoms with Crippen molar-refractivity contribution in [1.82, 2.24) is 0 Å². The summed E-state index contributed by atoms with van der Waals surface area (Å²) >= 11 is 35.6. The number of carbonyl (C=O) groups is 4. The van der Waals surface area contributed by atoms with Gasteiger partial charge in [-0.1, -0.05) is 217 Å². The van der Waals surface area contributed by atoms with Crippen LogP contribution >= 0.6 is 69.6 Å². The number of hydrogen-bond donors (Lipinski definition) is 0. The molecule has 0 saturated carbocycles. The van der Waals surface area contributed by atoms with Crippen LogP contribution in [0.15, 0.2) is 84.9 Å². The smallest absolute Gasteiger partial charge is 0.166 e. The van der Waals surface area contributed by atoms with E-state index in [-0.39, 0.29) is 68.5 Å². The Morgan fingerprint density at radius 3 is 0.861 bits per heavy atom. The maximum Gasteiger partial charge on any atom is 0.166 e. The third-order valence-electron chi connectivity index (χ3n) is 11.8. The molecule has 0 N–H and O–H groups in total. The Kier molecular flexibility index (Phi) is 29.3. The van der Waals surface area contributed by atoms with Crippen molar-refractivity contribution in [2.45, 2.75) is 175 Å². The monoisotopic (exact) mass is 1100 g/mol. The van der Waals surface area contributed by atoms with Gasteiger partial charge in [0.15, 0.2) is 23.1 Å². The van der Waals surface area contributed by atoms with E-state index in [0.717, 1.165) is 75.3 Å². The van der Waals surface area contributed by atoms with Crippen molar-refractivity contribution in [3.63, 3.8) is 0 Å². The second-order valence-electron chi connectivity index (χ2n) is 24.0. The van der Waals surface area contributed by atoms with Crippen LogP contribution in [0, 0.1) is 45.3 Å². The first kappa shape index (κ1) is 67.3. The molecule has 400 valence electrons. The molecule has 0 fully saturated rings. The van der Waals surface area contributed by atoms with Crippen molar-refractivity contribution in [2.24, 2.45) is 45.3 Å². The fraction of sp³-hybridized carbons (Fsp3) is 0.548. The maximum absolute atomic E-state index is 12.6. The molecular formula is C62H86Cl6O4. The van der Waals surface area contributed by atoms with Gasteiger partial charge < -0.3 is 0 Å². The average molecular weight is 1110 g/mol. The summed E-state index contributed by atoms with van der Waals surface area (Å²) in [6.07, 6.45) is 9.22. The van der Waals surface area contributed by atoms with Gasteiger partial charge in [0.2, 0.25) is 0 Å². The summed E-state index contributed by atoms with van der Waals surface area (Å²) in [6.45, 7) is 34.3. The highest BCUT2D eigenvalue weighted by Crippen LogP contribution is 2.34. The number of Topliss-reactive ketones (excluding diaryl/α,β-unsaturated/α-hetero) is 4. The lowest BCUT2D eigenvalue weighted by atomic mass is 9.79. The molecule has 4 atom stereocenters. The van der Waals surface area contributed by atoms with Gasteiger partial charge in [-0.05, 0) is 134 Å². The SMILES string of the molecule is CCC(CC(C)(C)C)C(=O)c1ccc(Cl)c(Cl)c1.CCC(CC(C)(C)C)C(=O)c1cccc(Cl)c1.CCCC(CC(C)(C)C)C(=O)c1ccc(Cl)c(Cl)c1.CCCC(CC(C)(C)C)C(=O)c1cccc(Cl)c1. The average Bonchev–Trinajstić information content (AvgIpc) is 3.27. The molecule has 0 heterocycles. The van der Waals surface area contributed by atoms with Gasteiger partial charge in [-0.15, -0.1) is 0 Å². The second-order valence-corrected chi connectivity index (χ2v) is 26.5. The van der Waals surface area contributed by atoms with Gasteiger partial charge in [-0.25, -0.2) is 0 Å². The van der Waals surface area contributed by atoms with Crippen LogP contribution in [0.2, 0.25) is 30.1 Å². The van der Waals surface area contributed by atoms with Crippen molar-refractivity contribution in [3.8, 4) is 0 Å². The highest BCUT2D eigenvalue weighted by atomic mass is 35.5. The molecule has 0 amide bonds. The Morgan fingerprint density at radius 2 is 0.625 bits per heavy atom. The van der Waals surface area contributed by atoms with E-state index in [1.54, 1.807) is 60.7 Å². The van der Waals surface area contributed by atoms with Gasteiger partial charge in [-0.3, -0.25) is 19.2 Å². The van der Waals surface area contributed by atoms with E-state index in [2.05, 4.69) is 104 Å². The number of rotatable bonds is 18. The standard InChI is InChI=1S/C16H22Cl2O.C16H23ClO.C15H20Cl2O.C15H21ClO/c1-5-6-12(10-16(2,3)4)15(19)11-7-8-13(17)14(18)9-11;1-5-7-13(11-16(2,3)4)15(18)12-8-6-9-14(17)10-12;1-5-10(9-15(2,3)4)14(18)11-6-7-12(16)13(17)8-11;1-5-11(10-15(2,3)4)14(17)12-7-6-8-13(16)9-12/h7-9,12H,5-6,10H2,1-4H3;6,8-10,13H,5,7,11H2,1-4H3;6-8,10H,5,9H2,1-4H3;6-9,11H,5,10H2,1-4H3. The Labute approximate surface area is 466 Å². The molecule has 0 aliphatic carbocycles. The molecule has 0 aliphatic rings. The number of hydrogen-bond acceptors (Lipinski definition) is 4. The molecule has 0 spiro atoms. The zero-order valence-electron chi connectivity index (χ0n) is 46.4. The second kappa shape index (κ2) is 31.4. The van der Waals surface area contributed by atoms with Crippen molar-refractivity contribution < 1.29 is 19.2 Å². The summed E-state index contributed by atoms with van der Waals surface area (Å²) in [4.78, 5) is 49.8. The van der Waals surface area contributed by atoms with E-state index < -0.39 is 0 Å². The quantitative estimate of drug-likeness (QED) is 0.0931. The summed E-state index contributed by atoms with van der Waals surface area (Å²) in [5.74, 6) is 1.08. The summed E-state index contributed by atoms with van der Waals surface area (Å²) in [5.41, 5.74) is 3.43. The van der Waals surface area contributed by atoms with Crippen molar-refractivity contribution in [3.05, 3.63) is 137 Å². The lowest BCUT2D eigenvalue weighted by Gasteiger charge is -2.25. The third kappa shape index (κ3) is 26.7. The lowest BCUT2D eigenvalue weighted by Crippen LogP contribution is -2.21. The van der Waals surface area contributed by atoms with E-state index >= 15 is 0 Å². The van der Waals surface area contributed by atoms with Crippen LogP contribution < -0.4 is 0 Å². The molecule has 0 bridgehead atoms. The molecule has 0 saturated heterocycles. The topological polar surface area (TPSA) is 68.3 Å². The summed E-state index contributed by atoms with van der Waals surface area (Å²) in [6, 6.07) is 24.7. The van der Waals surface area contributed by atoms with Crippen molar-refractivity contribution in [2.75, 3.05) is 0 Å². The summed E-state index contributed by atoms with van der Waals surface area (Å²) in [5, 5.41) is 3.11. The summed E-state index contributed by atoms with van der Waals surface area (Å²) < 4.78 is 0. The lowest BCUT2D eigenvalue weighted by molar-refractivity contribution is 0.0868. The molecule has 4 unspecified atom stereocenters. The zero-order valence-corrected chi connectivity index (χ0v) is 50.9. The molecule has 4 rings (SSSR count). The van der Waals surface area contributed by atoms with Crippen LogP contribution in [0.1, 0.15) is 216 Å². The van der Waals surface area contributed by atoms with E-state index in [4.69, 9.17) is 69.6 Å². The first-order chi connectivity index (χ1) is 33.1. The van der Waals surface area contributed by atoms with E-state index in [9.17, 15) is 19.2 Å². The molecule has 10 heteroatoms. The van der Waals surface area contributed by atoms with Crippen molar-refractivity contribution in [1.29, 1.82) is 0 Å². The highest BCUT2D eigenvalue weighted by Gasteiger charge is 2.28. The molecule has 4 aromatic rings. The number of ketones is 4. The van der Waals surface area contributed by atoms with Gasteiger partial charge in [0.05, 0.1) is 20.1 Å². The third-order valence-corrected chi connectivity index (χ3v) is 13.8. The van der Waals surface area contributed by atoms with E-state index in [1.807, 2.05) is 31.2 Å². The normalized spacial score (nSPS) is 13.4. The minimum absolute atomic E-state index is 0.0437. The fourth-order valence-corrected chi connectivity index (χ4v) is 9.65. The zero-order chi connectivity index (χ0) is 55.4. The largest absolute Gasteiger partial charge is 0.294 e. The summed E-state index contributed by atoms with van der Waals surface area (Å²) in [7, 11) is 0. The van der Waals surface area contributed by atoms with Crippen LogP contribution in [0.4, 0.5) is 0 Å². The van der Waals surface area contributed by atoms with Gasteiger partial charge >= 0.3 is 0 Å². The number of carbonyl (C=O) groups excluding carboxylic acids is 4. The Bertz CT molecular complexity index is 2320. The minimum Gasteiger partial charge on any atom is -0.294 e. The van der Waals surface area contributed by atoms with Crippen molar-refractivity contribution >= 4 is 92.7 Å². The first-order valence-corrected chi connectivity index (χ1v) is 28.0. The van der Waals surface area contributed by atoms with Gasteiger partial charge in [-0.2, -0.15) is 0 Å². The van der Waals surface area contributed by atoms with Crippen LogP contribution in [0.3, 0.4) is 0 Å². The number of halogens is 6. The number of benzene rings is 4.